The number of nitro benzene ring substituents is 1. The first-order chi connectivity index (χ1) is 8.86. The first-order valence-electron chi connectivity index (χ1n) is 6.22. The molecule has 0 saturated heterocycles. The number of likely N-dealkylation sites (N-methyl/N-ethyl adjacent to an activating group) is 1. The summed E-state index contributed by atoms with van der Waals surface area (Å²) in [7, 11) is 0. The molecule has 1 N–H and O–H groups in total. The number of rotatable bonds is 6. The fourth-order valence-corrected chi connectivity index (χ4v) is 2.40. The lowest BCUT2D eigenvalue weighted by Gasteiger charge is -2.21. The smallest absolute Gasteiger partial charge is 0.273 e. The molecule has 6 heteroatoms. The van der Waals surface area contributed by atoms with Crippen LogP contribution in [0.2, 0.25) is 0 Å². The molecular formula is C13H18FIN2O2. The first kappa shape index (κ1) is 16.3. The summed E-state index contributed by atoms with van der Waals surface area (Å²) >= 11 is 1.77. The number of hydrogen-bond donors (Lipinski definition) is 1. The minimum Gasteiger partial charge on any atom is -0.314 e. The molecule has 0 heterocycles. The lowest BCUT2D eigenvalue weighted by atomic mass is 9.95. The van der Waals surface area contributed by atoms with Crippen molar-refractivity contribution in [3.8, 4) is 0 Å². The van der Waals surface area contributed by atoms with Gasteiger partial charge in [0.1, 0.15) is 5.82 Å². The van der Waals surface area contributed by atoms with Crippen molar-refractivity contribution in [1.29, 1.82) is 0 Å². The standard InChI is InChI=1S/C13H18FIN2O2/c1-4-16-12(8(2)3)6-9-5-10(14)11(15)7-13(9)17(18)19/h5,7-8,12,16H,4,6H2,1-3H3. The molecule has 0 saturated carbocycles. The van der Waals surface area contributed by atoms with Crippen LogP contribution in [-0.4, -0.2) is 17.5 Å². The molecule has 0 bridgehead atoms. The number of nitrogens with zero attached hydrogens (tertiary/aromatic N) is 1. The molecule has 1 aromatic carbocycles. The van der Waals surface area contributed by atoms with Crippen LogP contribution in [0.15, 0.2) is 12.1 Å². The maximum atomic E-state index is 13.6. The van der Waals surface area contributed by atoms with Gasteiger partial charge in [-0.25, -0.2) is 4.39 Å². The molecule has 0 aliphatic rings. The minimum atomic E-state index is -0.444. The summed E-state index contributed by atoms with van der Waals surface area (Å²) in [4.78, 5) is 10.6. The highest BCUT2D eigenvalue weighted by atomic mass is 127. The van der Waals surface area contributed by atoms with Crippen LogP contribution in [0.25, 0.3) is 0 Å². The van der Waals surface area contributed by atoms with E-state index in [4.69, 9.17) is 0 Å². The molecule has 1 unspecified atom stereocenters. The van der Waals surface area contributed by atoms with Crippen LogP contribution in [0.5, 0.6) is 0 Å². The van der Waals surface area contributed by atoms with Crippen molar-refractivity contribution in [2.45, 2.75) is 33.2 Å². The topological polar surface area (TPSA) is 55.2 Å². The SMILES string of the molecule is CCNC(Cc1cc(F)c(I)cc1[N+](=O)[O-])C(C)C. The van der Waals surface area contributed by atoms with E-state index >= 15 is 0 Å². The van der Waals surface area contributed by atoms with Crippen molar-refractivity contribution in [2.75, 3.05) is 6.54 Å². The van der Waals surface area contributed by atoms with Crippen molar-refractivity contribution >= 4 is 28.3 Å². The molecule has 0 aliphatic heterocycles. The summed E-state index contributed by atoms with van der Waals surface area (Å²) in [5.74, 6) is -0.0814. The Morgan fingerprint density at radius 3 is 2.58 bits per heavy atom. The van der Waals surface area contributed by atoms with E-state index in [2.05, 4.69) is 5.32 Å². The van der Waals surface area contributed by atoms with Gasteiger partial charge in [0.2, 0.25) is 0 Å². The van der Waals surface area contributed by atoms with Crippen molar-refractivity contribution in [1.82, 2.24) is 5.32 Å². The van der Waals surface area contributed by atoms with Gasteiger partial charge in [-0.1, -0.05) is 20.8 Å². The van der Waals surface area contributed by atoms with E-state index in [1.165, 1.54) is 12.1 Å². The molecule has 1 atom stereocenters. The Morgan fingerprint density at radius 2 is 2.11 bits per heavy atom. The average molecular weight is 380 g/mol. The lowest BCUT2D eigenvalue weighted by molar-refractivity contribution is -0.385. The highest BCUT2D eigenvalue weighted by molar-refractivity contribution is 14.1. The van der Waals surface area contributed by atoms with Crippen molar-refractivity contribution in [2.24, 2.45) is 5.92 Å². The van der Waals surface area contributed by atoms with Crippen LogP contribution in [0, 0.1) is 25.4 Å². The summed E-state index contributed by atoms with van der Waals surface area (Å²) in [5.41, 5.74) is 0.442. The summed E-state index contributed by atoms with van der Waals surface area (Å²) in [6, 6.07) is 2.68. The van der Waals surface area contributed by atoms with Crippen LogP contribution >= 0.6 is 22.6 Å². The molecule has 0 radical (unpaired) electrons. The van der Waals surface area contributed by atoms with Gasteiger partial charge < -0.3 is 5.32 Å². The molecule has 106 valence electrons. The number of nitro groups is 1. The van der Waals surface area contributed by atoms with Gasteiger partial charge in [-0.05, 0) is 47.5 Å². The molecule has 1 aromatic rings. The molecule has 1 rings (SSSR count). The van der Waals surface area contributed by atoms with E-state index in [9.17, 15) is 14.5 Å². The second kappa shape index (κ2) is 7.14. The second-order valence-corrected chi connectivity index (χ2v) is 5.93. The highest BCUT2D eigenvalue weighted by Gasteiger charge is 2.22. The summed E-state index contributed by atoms with van der Waals surface area (Å²) < 4.78 is 13.9. The fraction of sp³-hybridized carbons (Fsp3) is 0.538. The minimum absolute atomic E-state index is 0.00523. The highest BCUT2D eigenvalue weighted by Crippen LogP contribution is 2.26. The largest absolute Gasteiger partial charge is 0.314 e. The van der Waals surface area contributed by atoms with Gasteiger partial charge in [-0.15, -0.1) is 0 Å². The summed E-state index contributed by atoms with van der Waals surface area (Å²) in [6.07, 6.45) is 0.454. The van der Waals surface area contributed by atoms with E-state index in [1.54, 1.807) is 22.6 Å². The van der Waals surface area contributed by atoms with E-state index in [1.807, 2.05) is 20.8 Å². The van der Waals surface area contributed by atoms with Crippen molar-refractivity contribution in [3.05, 3.63) is 37.2 Å². The van der Waals surface area contributed by atoms with E-state index in [-0.39, 0.29) is 15.3 Å². The van der Waals surface area contributed by atoms with Crippen LogP contribution in [0.4, 0.5) is 10.1 Å². The molecule has 0 spiro atoms. The van der Waals surface area contributed by atoms with Crippen molar-refractivity contribution in [3.63, 3.8) is 0 Å². The predicted octanol–water partition coefficient (Wildman–Crippen LogP) is 3.52. The third-order valence-electron chi connectivity index (χ3n) is 3.03. The van der Waals surface area contributed by atoms with E-state index in [0.717, 1.165) is 6.54 Å². The molecule has 0 aromatic heterocycles. The summed E-state index contributed by atoms with van der Waals surface area (Å²) in [6.45, 7) is 6.85. The Balaban J connectivity index is 3.10. The zero-order valence-electron chi connectivity index (χ0n) is 11.2. The van der Waals surface area contributed by atoms with Gasteiger partial charge in [0, 0.05) is 17.7 Å². The molecule has 0 amide bonds. The monoisotopic (exact) mass is 380 g/mol. The van der Waals surface area contributed by atoms with Gasteiger partial charge in [0.15, 0.2) is 0 Å². The van der Waals surface area contributed by atoms with Gasteiger partial charge in [-0.3, -0.25) is 10.1 Å². The van der Waals surface area contributed by atoms with Crippen LogP contribution in [-0.2, 0) is 6.42 Å². The van der Waals surface area contributed by atoms with Crippen molar-refractivity contribution < 1.29 is 9.31 Å². The maximum Gasteiger partial charge on any atom is 0.273 e. The second-order valence-electron chi connectivity index (χ2n) is 4.76. The van der Waals surface area contributed by atoms with Crippen LogP contribution < -0.4 is 5.32 Å². The zero-order valence-corrected chi connectivity index (χ0v) is 13.4. The van der Waals surface area contributed by atoms with E-state index in [0.29, 0.717) is 17.9 Å². The lowest BCUT2D eigenvalue weighted by Crippen LogP contribution is -2.35. The Hall–Kier alpha value is -0.760. The average Bonchev–Trinajstić information content (AvgIpc) is 2.32. The molecule has 19 heavy (non-hydrogen) atoms. The van der Waals surface area contributed by atoms with Gasteiger partial charge in [0.25, 0.3) is 5.69 Å². The van der Waals surface area contributed by atoms with Gasteiger partial charge in [-0.2, -0.15) is 0 Å². The Morgan fingerprint density at radius 1 is 1.47 bits per heavy atom. The zero-order chi connectivity index (χ0) is 14.6. The number of nitrogens with one attached hydrogen (secondary N) is 1. The Bertz CT molecular complexity index is 466. The first-order valence-corrected chi connectivity index (χ1v) is 7.30. The fourth-order valence-electron chi connectivity index (χ4n) is 1.95. The normalized spacial score (nSPS) is 12.7. The Kier molecular flexibility index (Phi) is 6.12. The third kappa shape index (κ3) is 4.38. The Labute approximate surface area is 126 Å². The molecule has 0 aliphatic carbocycles. The molecule has 0 fully saturated rings. The summed E-state index contributed by atoms with van der Waals surface area (Å²) in [5, 5.41) is 14.3. The predicted molar refractivity (Wildman–Crippen MR) is 81.8 cm³/mol. The van der Waals surface area contributed by atoms with Crippen LogP contribution in [0.1, 0.15) is 26.3 Å². The third-order valence-corrected chi connectivity index (χ3v) is 3.86. The maximum absolute atomic E-state index is 13.6. The number of halogens is 2. The van der Waals surface area contributed by atoms with Gasteiger partial charge >= 0.3 is 0 Å². The van der Waals surface area contributed by atoms with Gasteiger partial charge in [0.05, 0.1) is 8.49 Å². The van der Waals surface area contributed by atoms with Crippen LogP contribution in [0.3, 0.4) is 0 Å². The molecule has 4 nitrogen and oxygen atoms in total. The number of hydrogen-bond acceptors (Lipinski definition) is 3. The van der Waals surface area contributed by atoms with E-state index < -0.39 is 10.7 Å². The molecular weight excluding hydrogens is 362 g/mol. The number of benzene rings is 1. The quantitative estimate of drug-likeness (QED) is 0.467.